The van der Waals surface area contributed by atoms with E-state index in [1.165, 1.54) is 11.8 Å². The largest absolute Gasteiger partial charge is 0.500 e. The van der Waals surface area contributed by atoms with E-state index in [-0.39, 0.29) is 36.6 Å². The minimum Gasteiger partial charge on any atom is -0.500 e. The Labute approximate surface area is 361 Å². The zero-order valence-corrected chi connectivity index (χ0v) is 35.2. The summed E-state index contributed by atoms with van der Waals surface area (Å²) in [6.07, 6.45) is 1.15. The number of benzene rings is 6. The van der Waals surface area contributed by atoms with Gasteiger partial charge in [0.15, 0.2) is 0 Å². The third kappa shape index (κ3) is 8.21. The molecule has 3 heterocycles. The molecule has 0 fully saturated rings. The molecule has 0 saturated heterocycles. The van der Waals surface area contributed by atoms with Crippen molar-refractivity contribution in [3.63, 3.8) is 0 Å². The predicted molar refractivity (Wildman–Crippen MR) is 236 cm³/mol. The molecule has 0 spiro atoms. The van der Waals surface area contributed by atoms with Crippen molar-refractivity contribution in [2.45, 2.75) is 67.0 Å². The summed E-state index contributed by atoms with van der Waals surface area (Å²) in [7, 11) is 0. The van der Waals surface area contributed by atoms with E-state index in [4.69, 9.17) is 15.4 Å². The molecule has 0 aliphatic heterocycles. The van der Waals surface area contributed by atoms with Crippen molar-refractivity contribution in [1.29, 1.82) is 0 Å². The number of aryl methyl sites for hydroxylation is 2. The van der Waals surface area contributed by atoms with Gasteiger partial charge in [0.25, 0.3) is 0 Å². The summed E-state index contributed by atoms with van der Waals surface area (Å²) < 4.78 is 71.9. The van der Waals surface area contributed by atoms with Crippen molar-refractivity contribution in [2.24, 2.45) is 5.41 Å². The third-order valence-corrected chi connectivity index (χ3v) is 9.91. The molecule has 287 valence electrons. The minimum absolute atomic E-state index is 0. The first kappa shape index (κ1) is 30.7. The fraction of sp³-hybridized carbons (Fsp3) is 0.208. The second-order valence-corrected chi connectivity index (χ2v) is 16.2. The van der Waals surface area contributed by atoms with Crippen LogP contribution in [-0.4, -0.2) is 9.97 Å². The van der Waals surface area contributed by atoms with E-state index in [0.29, 0.717) is 28.0 Å². The van der Waals surface area contributed by atoms with Crippen LogP contribution in [0.5, 0.6) is 0 Å². The molecule has 0 N–H and O–H groups in total. The van der Waals surface area contributed by atoms with Crippen LogP contribution in [0.3, 0.4) is 0 Å². The van der Waals surface area contributed by atoms with Crippen LogP contribution in [0.25, 0.3) is 77.1 Å². The summed E-state index contributed by atoms with van der Waals surface area (Å²) in [5, 5.41) is 6.17. The average Bonchev–Trinajstić information content (AvgIpc) is 3.64. The first-order valence-corrected chi connectivity index (χ1v) is 18.8. The van der Waals surface area contributed by atoms with E-state index < -0.39 is 25.5 Å². The Hall–Kier alpha value is -5.41. The summed E-state index contributed by atoms with van der Waals surface area (Å²) in [6.45, 7) is 7.05. The van der Waals surface area contributed by atoms with Crippen molar-refractivity contribution in [1.82, 2.24) is 9.97 Å². The van der Waals surface area contributed by atoms with E-state index in [2.05, 4.69) is 85.3 Å². The van der Waals surface area contributed by atoms with Gasteiger partial charge in [0, 0.05) is 54.2 Å². The molecule has 3 aromatic heterocycles. The van der Waals surface area contributed by atoms with Gasteiger partial charge < -0.3 is 14.4 Å². The molecule has 3 nitrogen and oxygen atoms in total. The Morgan fingerprint density at radius 1 is 0.684 bits per heavy atom. The van der Waals surface area contributed by atoms with Crippen LogP contribution in [0.15, 0.2) is 138 Å². The van der Waals surface area contributed by atoms with Gasteiger partial charge in [0.2, 0.25) is 0 Å². The quantitative estimate of drug-likeness (QED) is 0.130. The van der Waals surface area contributed by atoms with Gasteiger partial charge in [-0.15, -0.1) is 47.5 Å². The summed E-state index contributed by atoms with van der Waals surface area (Å²) >= 11 is 0. The van der Waals surface area contributed by atoms with Crippen molar-refractivity contribution >= 4 is 43.5 Å². The monoisotopic (exact) mass is 929 g/mol. The standard InChI is InChI=1S/C31H26NO.C22H22N.Ir/c1-19-18-32-27(16-22(19)17-31(2,3)4)26-11-7-10-24-25-15-14-21-13-12-20-8-5-6-9-23(20)28(21)30(25)33-29(24)26;1-16-10-11-18(14-20(16)17-8-6-5-7-9-17)21-15-19(12-13-23-21)22(2,3)4;/h5-10,12-16,18H,17H2,1-4H3;5-10,12-15H,1-4H3;/q2*-1;/i1D3,17D2;1D3;. The topological polar surface area (TPSA) is 38.9 Å². The number of aromatic nitrogens is 2. The molecule has 0 bridgehead atoms. The molecule has 9 aromatic rings. The predicted octanol–water partition coefficient (Wildman–Crippen LogP) is 14.5. The number of hydrogen-bond acceptors (Lipinski definition) is 3. The van der Waals surface area contributed by atoms with Gasteiger partial charge in [-0.1, -0.05) is 161 Å². The van der Waals surface area contributed by atoms with Crippen LogP contribution in [-0.2, 0) is 31.9 Å². The number of nitrogens with zero attached hydrogens (tertiary/aromatic N) is 2. The van der Waals surface area contributed by atoms with E-state index in [1.54, 1.807) is 45.2 Å². The van der Waals surface area contributed by atoms with Crippen molar-refractivity contribution in [3.8, 4) is 33.6 Å². The molecule has 0 unspecified atom stereocenters. The molecule has 0 aliphatic rings. The van der Waals surface area contributed by atoms with Gasteiger partial charge >= 0.3 is 0 Å². The first-order valence-electron chi connectivity index (χ1n) is 22.8. The Morgan fingerprint density at radius 2 is 1.42 bits per heavy atom. The van der Waals surface area contributed by atoms with Gasteiger partial charge in [-0.2, -0.15) is 0 Å². The average molecular weight is 929 g/mol. The zero-order valence-electron chi connectivity index (χ0n) is 40.8. The second-order valence-electron chi connectivity index (χ2n) is 16.2. The molecular weight excluding hydrogens is 873 g/mol. The summed E-state index contributed by atoms with van der Waals surface area (Å²) in [5.41, 5.74) is 6.16. The Morgan fingerprint density at radius 3 is 2.19 bits per heavy atom. The van der Waals surface area contributed by atoms with Crippen LogP contribution < -0.4 is 0 Å². The molecular formula is C53H48IrN2O-2. The van der Waals surface area contributed by atoms with Gasteiger partial charge in [0.05, 0.1) is 5.58 Å². The molecule has 0 atom stereocenters. The number of hydrogen-bond donors (Lipinski definition) is 0. The Balaban J connectivity index is 0.000000205. The fourth-order valence-corrected chi connectivity index (χ4v) is 7.12. The number of fused-ring (bicyclic) bond motifs is 7. The molecule has 0 amide bonds. The molecule has 6 aromatic carbocycles. The molecule has 1 radical (unpaired) electrons. The van der Waals surface area contributed by atoms with E-state index in [9.17, 15) is 0 Å². The van der Waals surface area contributed by atoms with Gasteiger partial charge in [-0.3, -0.25) is 0 Å². The molecule has 9 rings (SSSR count). The van der Waals surface area contributed by atoms with E-state index >= 15 is 0 Å². The van der Waals surface area contributed by atoms with E-state index in [0.717, 1.165) is 54.7 Å². The normalized spacial score (nSPS) is 14.6. The molecule has 0 saturated carbocycles. The van der Waals surface area contributed by atoms with Crippen molar-refractivity contribution in [3.05, 3.63) is 168 Å². The van der Waals surface area contributed by atoms with Crippen LogP contribution in [0.4, 0.5) is 0 Å². The molecule has 4 heteroatoms. The smallest absolute Gasteiger partial charge is 0.129 e. The van der Waals surface area contributed by atoms with Crippen molar-refractivity contribution < 1.29 is 35.5 Å². The van der Waals surface area contributed by atoms with Crippen LogP contribution in [0.2, 0.25) is 0 Å². The zero-order chi connectivity index (χ0) is 46.0. The van der Waals surface area contributed by atoms with Gasteiger partial charge in [-0.25, -0.2) is 0 Å². The van der Waals surface area contributed by atoms with Gasteiger partial charge in [0.1, 0.15) is 5.58 Å². The van der Waals surface area contributed by atoms with Gasteiger partial charge in [-0.05, 0) is 74.4 Å². The van der Waals surface area contributed by atoms with Crippen LogP contribution in [0, 0.1) is 31.3 Å². The van der Waals surface area contributed by atoms with E-state index in [1.807, 2.05) is 60.7 Å². The summed E-state index contributed by atoms with van der Waals surface area (Å²) in [4.78, 5) is 8.96. The summed E-state index contributed by atoms with van der Waals surface area (Å²) in [5.74, 6) is 0. The maximum absolute atomic E-state index is 8.87. The fourth-order valence-electron chi connectivity index (χ4n) is 7.12. The van der Waals surface area contributed by atoms with Crippen LogP contribution in [0.1, 0.15) is 74.8 Å². The molecule has 57 heavy (non-hydrogen) atoms. The maximum atomic E-state index is 8.87. The second kappa shape index (κ2) is 15.9. The Kier molecular flexibility index (Phi) is 8.54. The molecule has 0 aliphatic carbocycles. The summed E-state index contributed by atoms with van der Waals surface area (Å²) in [6, 6.07) is 45.3. The Bertz CT molecular complexity index is 3200. The van der Waals surface area contributed by atoms with Crippen LogP contribution >= 0.6 is 0 Å². The number of rotatable bonds is 4. The maximum Gasteiger partial charge on any atom is 0.129 e. The minimum atomic E-state index is -2.51. The SMILES string of the molecule is [2H]C([2H])([2H])c1c[c-]c(-c2cc(C(C)(C)C)ccn2)cc1-c1ccccc1.[2H]C([2H])([2H])c1cnc(-c2[c-]ccc3c2oc2c3ccc3ccc4ccccc4c32)cc1C([2H])([2H])C(C)(C)C.[Ir]. The third-order valence-electron chi connectivity index (χ3n) is 9.91. The van der Waals surface area contributed by atoms with Crippen molar-refractivity contribution in [2.75, 3.05) is 0 Å². The first-order chi connectivity index (χ1) is 30.0. The number of pyridine rings is 2. The number of furan rings is 1.